The molecule has 1 saturated heterocycles. The number of ether oxygens (including phenoxy) is 1. The van der Waals surface area contributed by atoms with Gasteiger partial charge < -0.3 is 14.7 Å². The number of carbonyl (C=O) groups is 2. The van der Waals surface area contributed by atoms with Crippen LogP contribution in [0.3, 0.4) is 0 Å². The fourth-order valence-electron chi connectivity index (χ4n) is 4.82. The lowest BCUT2D eigenvalue weighted by molar-refractivity contribution is -0.146. The number of pyridine rings is 1. The van der Waals surface area contributed by atoms with Crippen LogP contribution in [0.1, 0.15) is 29.6 Å². The maximum atomic E-state index is 13.9. The second kappa shape index (κ2) is 12.4. The van der Waals surface area contributed by atoms with Crippen LogP contribution in [0.2, 0.25) is 5.02 Å². The Kier molecular flexibility index (Phi) is 9.17. The first-order valence-corrected chi connectivity index (χ1v) is 13.4. The molecule has 0 aliphatic carbocycles. The smallest absolute Gasteiger partial charge is 0.308 e. The van der Waals surface area contributed by atoms with E-state index in [9.17, 15) is 27.9 Å². The molecule has 0 radical (unpaired) electrons. The fourth-order valence-corrected chi connectivity index (χ4v) is 6.06. The number of thioether (sulfide) groups is 1. The summed E-state index contributed by atoms with van der Waals surface area (Å²) in [6.45, 7) is 1.29. The first kappa shape index (κ1) is 28.2. The molecule has 0 unspecified atom stereocenters. The van der Waals surface area contributed by atoms with Gasteiger partial charge in [0, 0.05) is 53.4 Å². The van der Waals surface area contributed by atoms with E-state index >= 15 is 0 Å². The van der Waals surface area contributed by atoms with Gasteiger partial charge in [-0.2, -0.15) is 0 Å². The lowest BCUT2D eigenvalue weighted by Gasteiger charge is -2.36. The number of nitrogens with zero attached hydrogens (tertiary/aromatic N) is 2. The largest absolute Gasteiger partial charge is 0.497 e. The van der Waals surface area contributed by atoms with Gasteiger partial charge in [0.05, 0.1) is 23.6 Å². The zero-order valence-electron chi connectivity index (χ0n) is 20.6. The van der Waals surface area contributed by atoms with Crippen molar-refractivity contribution in [1.82, 2.24) is 9.88 Å². The predicted molar refractivity (Wildman–Crippen MR) is 140 cm³/mol. The highest BCUT2D eigenvalue weighted by molar-refractivity contribution is 7.99. The summed E-state index contributed by atoms with van der Waals surface area (Å²) in [5.41, 5.74) is 0.951. The molecule has 1 aliphatic rings. The third-order valence-corrected chi connectivity index (χ3v) is 8.11. The Bertz CT molecular complexity index is 1360. The average molecular weight is 567 g/mol. The summed E-state index contributed by atoms with van der Waals surface area (Å²) in [4.78, 5) is 31.4. The Balaban J connectivity index is 1.37. The van der Waals surface area contributed by atoms with E-state index in [0.717, 1.165) is 17.8 Å². The molecule has 0 amide bonds. The minimum Gasteiger partial charge on any atom is -0.497 e. The molecule has 1 aromatic heterocycles. The molecule has 38 heavy (non-hydrogen) atoms. The number of methoxy groups -OCH3 is 1. The molecule has 1 fully saturated rings. The van der Waals surface area contributed by atoms with Crippen molar-refractivity contribution in [2.24, 2.45) is 11.8 Å². The highest BCUT2D eigenvalue weighted by Crippen LogP contribution is 2.33. The molecule has 0 bridgehead atoms. The van der Waals surface area contributed by atoms with Gasteiger partial charge in [-0.25, -0.2) is 13.2 Å². The topological polar surface area (TPSA) is 79.7 Å². The van der Waals surface area contributed by atoms with Gasteiger partial charge in [0.2, 0.25) is 0 Å². The van der Waals surface area contributed by atoms with Gasteiger partial charge in [-0.05, 0) is 49.6 Å². The number of Topliss-reactive ketones (excluding diaryl/α,β-unsaturated/α-hetero) is 1. The number of benzene rings is 2. The van der Waals surface area contributed by atoms with Crippen LogP contribution >= 0.6 is 23.4 Å². The van der Waals surface area contributed by atoms with Gasteiger partial charge in [-0.1, -0.05) is 11.6 Å². The number of aliphatic carboxylic acids is 1. The lowest BCUT2D eigenvalue weighted by atomic mass is 9.81. The van der Waals surface area contributed by atoms with E-state index in [2.05, 4.69) is 4.98 Å². The molecule has 202 valence electrons. The number of piperidine rings is 1. The monoisotopic (exact) mass is 566 g/mol. The van der Waals surface area contributed by atoms with Crippen LogP contribution in [0, 0.1) is 29.3 Å². The van der Waals surface area contributed by atoms with Crippen LogP contribution < -0.4 is 4.74 Å². The van der Waals surface area contributed by atoms with Crippen molar-refractivity contribution in [3.05, 3.63) is 64.6 Å². The van der Waals surface area contributed by atoms with Crippen molar-refractivity contribution in [2.45, 2.75) is 24.2 Å². The summed E-state index contributed by atoms with van der Waals surface area (Å²) in [6.07, 6.45) is 2.52. The van der Waals surface area contributed by atoms with Gasteiger partial charge in [-0.3, -0.25) is 14.6 Å². The maximum absolute atomic E-state index is 13.9. The number of likely N-dealkylation sites (tertiary alicyclic amines) is 1. The van der Waals surface area contributed by atoms with E-state index in [0.29, 0.717) is 60.0 Å². The van der Waals surface area contributed by atoms with Crippen molar-refractivity contribution in [1.29, 1.82) is 0 Å². The van der Waals surface area contributed by atoms with Crippen LogP contribution in [0.4, 0.5) is 13.2 Å². The van der Waals surface area contributed by atoms with E-state index in [1.54, 1.807) is 18.2 Å². The van der Waals surface area contributed by atoms with E-state index in [4.69, 9.17) is 16.3 Å². The Morgan fingerprint density at radius 2 is 2.03 bits per heavy atom. The second-order valence-electron chi connectivity index (χ2n) is 9.17. The Labute approximate surface area is 227 Å². The van der Waals surface area contributed by atoms with Gasteiger partial charge >= 0.3 is 5.97 Å². The number of fused-ring (bicyclic) bond motifs is 1. The molecule has 11 heteroatoms. The van der Waals surface area contributed by atoms with Crippen LogP contribution in [0.15, 0.2) is 41.4 Å². The SMILES string of the molecule is COc1ccc2ncc(Cl)c(C(=O)CC[C@H]3CCN(CCSc4cc(F)cc(F)c4F)C[C@H]3C(=O)O)c2c1. The summed E-state index contributed by atoms with van der Waals surface area (Å²) in [5.74, 6) is -4.32. The Morgan fingerprint density at radius 1 is 1.24 bits per heavy atom. The third-order valence-electron chi connectivity index (χ3n) is 6.83. The predicted octanol–water partition coefficient (Wildman–Crippen LogP) is 6.09. The normalized spacial score (nSPS) is 18.0. The van der Waals surface area contributed by atoms with Gasteiger partial charge in [0.25, 0.3) is 0 Å². The van der Waals surface area contributed by atoms with E-state index in [-0.39, 0.29) is 34.6 Å². The molecule has 2 atom stereocenters. The lowest BCUT2D eigenvalue weighted by Crippen LogP contribution is -2.44. The highest BCUT2D eigenvalue weighted by atomic mass is 35.5. The van der Waals surface area contributed by atoms with Gasteiger partial charge in [0.15, 0.2) is 17.4 Å². The Morgan fingerprint density at radius 3 is 2.76 bits per heavy atom. The van der Waals surface area contributed by atoms with Crippen molar-refractivity contribution in [2.75, 3.05) is 32.5 Å². The molecule has 0 spiro atoms. The first-order valence-electron chi connectivity index (χ1n) is 12.1. The second-order valence-corrected chi connectivity index (χ2v) is 10.7. The minimum atomic E-state index is -1.24. The van der Waals surface area contributed by atoms with Crippen LogP contribution in [0.25, 0.3) is 10.9 Å². The molecular weight excluding hydrogens is 541 g/mol. The van der Waals surface area contributed by atoms with Crippen LogP contribution in [-0.2, 0) is 4.79 Å². The number of carbonyl (C=O) groups excluding carboxylic acids is 1. The summed E-state index contributed by atoms with van der Waals surface area (Å²) in [6, 6.07) is 6.64. The molecule has 3 aromatic rings. The van der Waals surface area contributed by atoms with Crippen LogP contribution in [0.5, 0.6) is 5.75 Å². The number of rotatable bonds is 10. The molecule has 2 aromatic carbocycles. The molecule has 4 rings (SSSR count). The van der Waals surface area contributed by atoms with Crippen molar-refractivity contribution >= 4 is 46.0 Å². The highest BCUT2D eigenvalue weighted by Gasteiger charge is 2.34. The van der Waals surface area contributed by atoms with Crippen molar-refractivity contribution in [3.8, 4) is 5.75 Å². The maximum Gasteiger partial charge on any atom is 0.308 e. The average Bonchev–Trinajstić information content (AvgIpc) is 2.89. The standard InChI is InChI=1S/C27H26ClF3N2O4S/c1-37-17-3-4-22-18(12-17)25(20(28)13-32-22)23(34)5-2-15-6-7-33(14-19(15)27(35)36)8-9-38-24-11-16(29)10-21(30)26(24)31/h3-4,10-13,15,19H,2,5-9,14H2,1H3,(H,35,36)/t15-,19+/m0/s1. The molecule has 2 heterocycles. The Hall–Kier alpha value is -2.82. The summed E-state index contributed by atoms with van der Waals surface area (Å²) in [7, 11) is 1.53. The first-order chi connectivity index (χ1) is 18.2. The van der Waals surface area contributed by atoms with E-state index in [1.165, 1.54) is 13.3 Å². The summed E-state index contributed by atoms with van der Waals surface area (Å²) >= 11 is 7.32. The fraction of sp³-hybridized carbons (Fsp3) is 0.370. The summed E-state index contributed by atoms with van der Waals surface area (Å²) < 4.78 is 46.0. The third kappa shape index (κ3) is 6.42. The zero-order chi connectivity index (χ0) is 27.4. The number of halogens is 4. The van der Waals surface area contributed by atoms with E-state index < -0.39 is 29.3 Å². The van der Waals surface area contributed by atoms with Gasteiger partial charge in [0.1, 0.15) is 11.6 Å². The van der Waals surface area contributed by atoms with Crippen LogP contribution in [-0.4, -0.2) is 59.2 Å². The molecule has 0 saturated carbocycles. The van der Waals surface area contributed by atoms with Gasteiger partial charge in [-0.15, -0.1) is 11.8 Å². The summed E-state index contributed by atoms with van der Waals surface area (Å²) in [5, 5.41) is 10.7. The molecular formula is C27H26ClF3N2O4S. The van der Waals surface area contributed by atoms with E-state index in [1.807, 2.05) is 4.90 Å². The molecule has 1 N–H and O–H groups in total. The zero-order valence-corrected chi connectivity index (χ0v) is 22.1. The quantitative estimate of drug-likeness (QED) is 0.181. The molecule has 6 nitrogen and oxygen atoms in total. The number of carboxylic acids is 1. The number of hydrogen-bond donors (Lipinski definition) is 1. The number of aromatic nitrogens is 1. The molecule has 1 aliphatic heterocycles. The number of hydrogen-bond acceptors (Lipinski definition) is 6. The number of ketones is 1. The van der Waals surface area contributed by atoms with Crippen molar-refractivity contribution in [3.63, 3.8) is 0 Å². The number of carboxylic acid groups (broad SMARTS) is 1. The minimum absolute atomic E-state index is 0.120. The van der Waals surface area contributed by atoms with Crippen molar-refractivity contribution < 1.29 is 32.6 Å².